The number of methoxy groups -OCH3 is 1. The number of aliphatic hydroxyl groups excluding tert-OH is 1. The van der Waals surface area contributed by atoms with E-state index in [2.05, 4.69) is 4.74 Å². The zero-order valence-corrected chi connectivity index (χ0v) is 13.6. The number of alkyl halides is 1. The zero-order chi connectivity index (χ0) is 15.4. The number of halogens is 1. The number of nitrogens with zero attached hydrogens (tertiary/aromatic N) is 1. The van der Waals surface area contributed by atoms with E-state index in [-0.39, 0.29) is 17.1 Å². The minimum Gasteiger partial charge on any atom is -0.467 e. The molecule has 6 nitrogen and oxygen atoms in total. The number of benzene rings is 1. The predicted octanol–water partition coefficient (Wildman–Crippen LogP) is 1.34. The highest BCUT2D eigenvalue weighted by molar-refractivity contribution is 14.1. The summed E-state index contributed by atoms with van der Waals surface area (Å²) in [6.45, 7) is 0.362. The zero-order valence-electron chi connectivity index (χ0n) is 11.4. The molecule has 0 aromatic heterocycles. The second-order valence-corrected chi connectivity index (χ2v) is 6.27. The van der Waals surface area contributed by atoms with Crippen LogP contribution in [0.15, 0.2) is 30.3 Å². The van der Waals surface area contributed by atoms with E-state index in [0.717, 1.165) is 5.56 Å². The van der Waals surface area contributed by atoms with Crippen molar-refractivity contribution in [3.8, 4) is 0 Å². The van der Waals surface area contributed by atoms with Gasteiger partial charge in [0, 0.05) is 6.54 Å². The van der Waals surface area contributed by atoms with Crippen molar-refractivity contribution >= 4 is 34.7 Å². The Morgan fingerprint density at radius 2 is 2.05 bits per heavy atom. The SMILES string of the molecule is COC(=O)[C@@H]1[C@@H](O)[C@H](I)CN1C(=O)OCc1ccccc1. The van der Waals surface area contributed by atoms with Gasteiger partial charge in [-0.3, -0.25) is 4.90 Å². The van der Waals surface area contributed by atoms with E-state index >= 15 is 0 Å². The first-order chi connectivity index (χ1) is 10.0. The van der Waals surface area contributed by atoms with E-state index < -0.39 is 24.2 Å². The van der Waals surface area contributed by atoms with Gasteiger partial charge in [-0.25, -0.2) is 9.59 Å². The predicted molar refractivity (Wildman–Crippen MR) is 83.0 cm³/mol. The van der Waals surface area contributed by atoms with Gasteiger partial charge in [0.1, 0.15) is 6.61 Å². The number of hydrogen-bond donors (Lipinski definition) is 1. The summed E-state index contributed by atoms with van der Waals surface area (Å²) in [6.07, 6.45) is -1.59. The average Bonchev–Trinajstić information content (AvgIpc) is 2.81. The van der Waals surface area contributed by atoms with Crippen LogP contribution in [0.2, 0.25) is 0 Å². The highest BCUT2D eigenvalue weighted by Crippen LogP contribution is 2.26. The van der Waals surface area contributed by atoms with Crippen molar-refractivity contribution in [3.63, 3.8) is 0 Å². The van der Waals surface area contributed by atoms with Crippen molar-refractivity contribution in [2.45, 2.75) is 22.7 Å². The molecule has 0 aliphatic carbocycles. The fourth-order valence-corrected chi connectivity index (χ4v) is 2.99. The molecule has 0 radical (unpaired) electrons. The lowest BCUT2D eigenvalue weighted by Gasteiger charge is -2.23. The lowest BCUT2D eigenvalue weighted by atomic mass is 10.2. The number of carbonyl (C=O) groups is 2. The molecule has 0 unspecified atom stereocenters. The number of amides is 1. The van der Waals surface area contributed by atoms with Crippen LogP contribution in [0.3, 0.4) is 0 Å². The molecule has 1 fully saturated rings. The standard InChI is InChI=1S/C14H16INO5/c1-20-13(18)11-12(17)10(15)7-16(11)14(19)21-8-9-5-3-2-4-6-9/h2-6,10-12,17H,7-8H2,1H3/t10-,11+,12+/m1/s1. The number of likely N-dealkylation sites (tertiary alicyclic amines) is 1. The van der Waals surface area contributed by atoms with Crippen LogP contribution in [-0.2, 0) is 20.9 Å². The van der Waals surface area contributed by atoms with Crippen molar-refractivity contribution < 1.29 is 24.2 Å². The summed E-state index contributed by atoms with van der Waals surface area (Å²) in [5.41, 5.74) is 0.853. The highest BCUT2D eigenvalue weighted by Gasteiger charge is 2.47. The lowest BCUT2D eigenvalue weighted by Crippen LogP contribution is -2.46. The molecule has 1 aromatic carbocycles. The topological polar surface area (TPSA) is 76.1 Å². The molecule has 1 heterocycles. The third-order valence-electron chi connectivity index (χ3n) is 3.28. The van der Waals surface area contributed by atoms with Gasteiger partial charge in [0.15, 0.2) is 6.04 Å². The first-order valence-electron chi connectivity index (χ1n) is 6.42. The first kappa shape index (κ1) is 16.0. The summed E-state index contributed by atoms with van der Waals surface area (Å²) in [5, 5.41) is 10.0. The fraction of sp³-hybridized carbons (Fsp3) is 0.429. The Morgan fingerprint density at radius 3 is 2.67 bits per heavy atom. The number of esters is 1. The molecule has 1 saturated heterocycles. The summed E-state index contributed by atoms with van der Waals surface area (Å²) in [5.74, 6) is -0.640. The average molecular weight is 405 g/mol. The molecule has 114 valence electrons. The number of carbonyl (C=O) groups excluding carboxylic acids is 2. The van der Waals surface area contributed by atoms with Gasteiger partial charge >= 0.3 is 12.1 Å². The molecule has 1 aromatic rings. The maximum absolute atomic E-state index is 12.1. The molecular formula is C14H16INO5. The quantitative estimate of drug-likeness (QED) is 0.467. The van der Waals surface area contributed by atoms with Gasteiger partial charge in [0.25, 0.3) is 0 Å². The molecule has 3 atom stereocenters. The van der Waals surface area contributed by atoms with Crippen molar-refractivity contribution in [2.24, 2.45) is 0 Å². The van der Waals surface area contributed by atoms with Gasteiger partial charge in [-0.2, -0.15) is 0 Å². The third kappa shape index (κ3) is 3.65. The third-order valence-corrected chi connectivity index (χ3v) is 4.41. The molecule has 0 bridgehead atoms. The van der Waals surface area contributed by atoms with Gasteiger partial charge in [-0.1, -0.05) is 52.9 Å². The summed E-state index contributed by atoms with van der Waals surface area (Å²) in [7, 11) is 1.23. The summed E-state index contributed by atoms with van der Waals surface area (Å²) in [6, 6.07) is 8.23. The van der Waals surface area contributed by atoms with Crippen LogP contribution in [0.5, 0.6) is 0 Å². The van der Waals surface area contributed by atoms with Crippen molar-refractivity contribution in [2.75, 3.05) is 13.7 Å². The van der Waals surface area contributed by atoms with E-state index in [1.165, 1.54) is 12.0 Å². The fourth-order valence-electron chi connectivity index (χ4n) is 2.17. The minimum atomic E-state index is -1.01. The molecule has 7 heteroatoms. The normalized spacial score (nSPS) is 24.7. The lowest BCUT2D eigenvalue weighted by molar-refractivity contribution is -0.148. The minimum absolute atomic E-state index is 0.117. The summed E-state index contributed by atoms with van der Waals surface area (Å²) >= 11 is 2.00. The Bertz CT molecular complexity index is 509. The van der Waals surface area contributed by atoms with Crippen LogP contribution in [0.4, 0.5) is 4.79 Å². The molecule has 0 spiro atoms. The van der Waals surface area contributed by atoms with Gasteiger partial charge < -0.3 is 14.6 Å². The van der Waals surface area contributed by atoms with Crippen molar-refractivity contribution in [1.29, 1.82) is 0 Å². The van der Waals surface area contributed by atoms with Gasteiger partial charge in [-0.05, 0) is 5.56 Å². The van der Waals surface area contributed by atoms with E-state index in [1.807, 2.05) is 52.9 Å². The Morgan fingerprint density at radius 1 is 1.38 bits per heavy atom. The Labute approximate surface area is 136 Å². The maximum Gasteiger partial charge on any atom is 0.410 e. The number of hydrogen-bond acceptors (Lipinski definition) is 5. The molecular weight excluding hydrogens is 389 g/mol. The molecule has 2 rings (SSSR count). The van der Waals surface area contributed by atoms with Crippen LogP contribution < -0.4 is 0 Å². The summed E-state index contributed by atoms with van der Waals surface area (Å²) in [4.78, 5) is 25.1. The van der Waals surface area contributed by atoms with Gasteiger partial charge in [0.05, 0.1) is 17.1 Å². The van der Waals surface area contributed by atoms with Crippen LogP contribution in [0.25, 0.3) is 0 Å². The van der Waals surface area contributed by atoms with E-state index in [1.54, 1.807) is 0 Å². The Balaban J connectivity index is 2.01. The van der Waals surface area contributed by atoms with Gasteiger partial charge in [0.2, 0.25) is 0 Å². The van der Waals surface area contributed by atoms with E-state index in [4.69, 9.17) is 4.74 Å². The van der Waals surface area contributed by atoms with Crippen molar-refractivity contribution in [3.05, 3.63) is 35.9 Å². The van der Waals surface area contributed by atoms with Crippen molar-refractivity contribution in [1.82, 2.24) is 4.90 Å². The number of aliphatic hydroxyl groups is 1. The first-order valence-corrected chi connectivity index (χ1v) is 7.66. The molecule has 1 amide bonds. The monoisotopic (exact) mass is 405 g/mol. The largest absolute Gasteiger partial charge is 0.467 e. The number of rotatable bonds is 3. The van der Waals surface area contributed by atoms with Gasteiger partial charge in [-0.15, -0.1) is 0 Å². The maximum atomic E-state index is 12.1. The molecule has 1 aliphatic rings. The highest BCUT2D eigenvalue weighted by atomic mass is 127. The Kier molecular flexibility index (Phi) is 5.40. The second kappa shape index (κ2) is 7.08. The van der Waals surface area contributed by atoms with E-state index in [0.29, 0.717) is 0 Å². The molecule has 1 N–H and O–H groups in total. The van der Waals surface area contributed by atoms with Crippen LogP contribution in [-0.4, -0.2) is 51.8 Å². The number of ether oxygens (including phenoxy) is 2. The van der Waals surface area contributed by atoms with Crippen LogP contribution >= 0.6 is 22.6 Å². The van der Waals surface area contributed by atoms with Crippen LogP contribution in [0, 0.1) is 0 Å². The molecule has 0 saturated carbocycles. The smallest absolute Gasteiger partial charge is 0.410 e. The van der Waals surface area contributed by atoms with E-state index in [9.17, 15) is 14.7 Å². The molecule has 1 aliphatic heterocycles. The Hall–Kier alpha value is -1.35. The molecule has 21 heavy (non-hydrogen) atoms. The van der Waals surface area contributed by atoms with Crippen LogP contribution in [0.1, 0.15) is 5.56 Å². The summed E-state index contributed by atoms with van der Waals surface area (Å²) < 4.78 is 9.60. The second-order valence-electron chi connectivity index (χ2n) is 4.67.